The molecule has 1 atom stereocenters. The molecule has 0 spiro atoms. The van der Waals surface area contributed by atoms with Crippen molar-refractivity contribution >= 4 is 17.3 Å². The van der Waals surface area contributed by atoms with E-state index in [-0.39, 0.29) is 44.5 Å². The maximum Gasteiger partial charge on any atom is 0.292 e. The van der Waals surface area contributed by atoms with Crippen LogP contribution in [-0.4, -0.2) is 48.5 Å². The molecule has 1 amide bonds. The van der Waals surface area contributed by atoms with Crippen molar-refractivity contribution in [1.29, 1.82) is 0 Å². The van der Waals surface area contributed by atoms with Gasteiger partial charge in [0.15, 0.2) is 11.5 Å². The second-order valence-electron chi connectivity index (χ2n) is 6.24. The van der Waals surface area contributed by atoms with Gasteiger partial charge in [-0.25, -0.2) is 0 Å². The molecular formula is C19H21N3O7. The van der Waals surface area contributed by atoms with Gasteiger partial charge >= 0.3 is 0 Å². The summed E-state index contributed by atoms with van der Waals surface area (Å²) >= 11 is 0. The molecule has 0 saturated carbocycles. The fourth-order valence-corrected chi connectivity index (χ4v) is 2.63. The van der Waals surface area contributed by atoms with E-state index in [2.05, 4.69) is 10.6 Å². The Balaban J connectivity index is 1.34. The van der Waals surface area contributed by atoms with Gasteiger partial charge in [-0.1, -0.05) is 12.1 Å². The van der Waals surface area contributed by atoms with E-state index in [4.69, 9.17) is 14.2 Å². The zero-order chi connectivity index (χ0) is 20.6. The molecule has 3 N–H and O–H groups in total. The zero-order valence-corrected chi connectivity index (χ0v) is 15.5. The number of carbonyl (C=O) groups excluding carboxylic acids is 1. The predicted molar refractivity (Wildman–Crippen MR) is 103 cm³/mol. The topological polar surface area (TPSA) is 132 Å². The van der Waals surface area contributed by atoms with Crippen LogP contribution in [0.15, 0.2) is 42.5 Å². The molecule has 0 bridgehead atoms. The fourth-order valence-electron chi connectivity index (χ4n) is 2.63. The lowest BCUT2D eigenvalue weighted by Gasteiger charge is -2.14. The van der Waals surface area contributed by atoms with Crippen molar-refractivity contribution in [3.8, 4) is 17.2 Å². The average molecular weight is 403 g/mol. The van der Waals surface area contributed by atoms with E-state index >= 15 is 0 Å². The van der Waals surface area contributed by atoms with Crippen LogP contribution in [0, 0.1) is 10.1 Å². The normalized spacial score (nSPS) is 12.9. The van der Waals surface area contributed by atoms with Crippen LogP contribution in [0.2, 0.25) is 0 Å². The van der Waals surface area contributed by atoms with Gasteiger partial charge in [-0.2, -0.15) is 0 Å². The molecule has 3 rings (SSSR count). The van der Waals surface area contributed by atoms with Gasteiger partial charge in [0.25, 0.3) is 5.69 Å². The monoisotopic (exact) mass is 403 g/mol. The van der Waals surface area contributed by atoms with Crippen LogP contribution in [0.5, 0.6) is 17.2 Å². The Bertz CT molecular complexity index is 875. The highest BCUT2D eigenvalue weighted by Gasteiger charge is 2.15. The van der Waals surface area contributed by atoms with Crippen LogP contribution < -0.4 is 24.8 Å². The molecule has 2 aromatic carbocycles. The van der Waals surface area contributed by atoms with E-state index in [0.717, 1.165) is 0 Å². The molecule has 0 radical (unpaired) electrons. The average Bonchev–Trinajstić information content (AvgIpc) is 3.19. The first-order valence-corrected chi connectivity index (χ1v) is 8.97. The first-order chi connectivity index (χ1) is 14.0. The summed E-state index contributed by atoms with van der Waals surface area (Å²) in [6.07, 6.45) is -0.797. The van der Waals surface area contributed by atoms with Gasteiger partial charge in [0.1, 0.15) is 24.1 Å². The minimum absolute atomic E-state index is 0.00557. The number of nitro groups is 1. The van der Waals surface area contributed by atoms with Crippen molar-refractivity contribution < 1.29 is 29.0 Å². The van der Waals surface area contributed by atoms with Gasteiger partial charge in [0, 0.05) is 31.6 Å². The summed E-state index contributed by atoms with van der Waals surface area (Å²) in [6.45, 7) is 0.406. The molecule has 1 unspecified atom stereocenters. The van der Waals surface area contributed by atoms with Gasteiger partial charge in [-0.15, -0.1) is 0 Å². The van der Waals surface area contributed by atoms with E-state index < -0.39 is 11.0 Å². The van der Waals surface area contributed by atoms with E-state index in [9.17, 15) is 20.0 Å². The number of amides is 1. The Hall–Kier alpha value is -3.53. The van der Waals surface area contributed by atoms with E-state index in [1.807, 2.05) is 0 Å². The highest BCUT2D eigenvalue weighted by atomic mass is 16.7. The molecule has 0 aromatic heterocycles. The van der Waals surface area contributed by atoms with Crippen molar-refractivity contribution in [2.75, 3.05) is 31.8 Å². The molecule has 0 aliphatic carbocycles. The van der Waals surface area contributed by atoms with Crippen molar-refractivity contribution in [3.05, 3.63) is 52.6 Å². The first kappa shape index (κ1) is 20.2. The quantitative estimate of drug-likeness (QED) is 0.403. The Morgan fingerprint density at radius 3 is 2.86 bits per heavy atom. The van der Waals surface area contributed by atoms with Gasteiger partial charge < -0.3 is 30.0 Å². The summed E-state index contributed by atoms with van der Waals surface area (Å²) in [4.78, 5) is 22.4. The number of nitrogens with zero attached hydrogens (tertiary/aromatic N) is 1. The SMILES string of the molecule is O=C(CCNc1ccccc1[N+](=O)[O-])NCC(O)COc1ccc2c(c1)OCO2. The third-order valence-electron chi connectivity index (χ3n) is 4.09. The molecule has 0 fully saturated rings. The molecule has 10 nitrogen and oxygen atoms in total. The molecule has 154 valence electrons. The van der Waals surface area contributed by atoms with Crippen LogP contribution in [0.25, 0.3) is 0 Å². The van der Waals surface area contributed by atoms with Crippen molar-refractivity contribution in [2.45, 2.75) is 12.5 Å². The molecule has 10 heteroatoms. The highest BCUT2D eigenvalue weighted by molar-refractivity contribution is 5.76. The van der Waals surface area contributed by atoms with Crippen LogP contribution in [-0.2, 0) is 4.79 Å². The largest absolute Gasteiger partial charge is 0.491 e. The maximum atomic E-state index is 11.9. The predicted octanol–water partition coefficient (Wildman–Crippen LogP) is 1.68. The minimum Gasteiger partial charge on any atom is -0.491 e. The number of carbonyl (C=O) groups is 1. The van der Waals surface area contributed by atoms with Crippen LogP contribution in [0.1, 0.15) is 6.42 Å². The molecule has 29 heavy (non-hydrogen) atoms. The Morgan fingerprint density at radius 1 is 1.24 bits per heavy atom. The lowest BCUT2D eigenvalue weighted by atomic mass is 10.2. The summed E-state index contributed by atoms with van der Waals surface area (Å²) < 4.78 is 15.9. The summed E-state index contributed by atoms with van der Waals surface area (Å²) in [5.74, 6) is 1.45. The Morgan fingerprint density at radius 2 is 2.03 bits per heavy atom. The number of benzene rings is 2. The lowest BCUT2D eigenvalue weighted by molar-refractivity contribution is -0.384. The summed E-state index contributed by atoms with van der Waals surface area (Å²) in [7, 11) is 0. The molecular weight excluding hydrogens is 382 g/mol. The minimum atomic E-state index is -0.896. The smallest absolute Gasteiger partial charge is 0.292 e. The number of fused-ring (bicyclic) bond motifs is 1. The summed E-state index contributed by atoms with van der Waals surface area (Å²) in [5.41, 5.74) is 0.298. The van der Waals surface area contributed by atoms with Gasteiger partial charge in [0.2, 0.25) is 12.7 Å². The number of anilines is 1. The number of hydrogen-bond donors (Lipinski definition) is 3. The highest BCUT2D eigenvalue weighted by Crippen LogP contribution is 2.35. The van der Waals surface area contributed by atoms with Crippen LogP contribution >= 0.6 is 0 Å². The maximum absolute atomic E-state index is 11.9. The van der Waals surface area contributed by atoms with Crippen LogP contribution in [0.4, 0.5) is 11.4 Å². The Kier molecular flexibility index (Phi) is 6.69. The number of hydrogen-bond acceptors (Lipinski definition) is 8. The van der Waals surface area contributed by atoms with Crippen LogP contribution in [0.3, 0.4) is 0 Å². The summed E-state index contributed by atoms with van der Waals surface area (Å²) in [6, 6.07) is 11.3. The van der Waals surface area contributed by atoms with E-state index in [1.165, 1.54) is 6.07 Å². The van der Waals surface area contributed by atoms with Gasteiger partial charge in [-0.05, 0) is 18.2 Å². The second kappa shape index (κ2) is 9.60. The number of rotatable bonds is 10. The number of nitro benzene ring substituents is 1. The van der Waals surface area contributed by atoms with Crippen molar-refractivity contribution in [2.24, 2.45) is 0 Å². The molecule has 0 saturated heterocycles. The van der Waals surface area contributed by atoms with E-state index in [1.54, 1.807) is 36.4 Å². The number of ether oxygens (including phenoxy) is 3. The Labute approximate surface area is 166 Å². The standard InChI is InChI=1S/C19H21N3O7/c23-13(11-27-14-5-6-17-18(9-14)29-12-28-17)10-21-19(24)7-8-20-15-3-1-2-4-16(15)22(25)26/h1-6,9,13,20,23H,7-8,10-12H2,(H,21,24). The van der Waals surface area contributed by atoms with Crippen molar-refractivity contribution in [3.63, 3.8) is 0 Å². The van der Waals surface area contributed by atoms with Gasteiger partial charge in [-0.3, -0.25) is 14.9 Å². The second-order valence-corrected chi connectivity index (χ2v) is 6.24. The molecule has 1 heterocycles. The number of aliphatic hydroxyl groups is 1. The third kappa shape index (κ3) is 5.72. The molecule has 2 aromatic rings. The fraction of sp³-hybridized carbons (Fsp3) is 0.316. The van der Waals surface area contributed by atoms with Gasteiger partial charge in [0.05, 0.1) is 4.92 Å². The first-order valence-electron chi connectivity index (χ1n) is 8.97. The van der Waals surface area contributed by atoms with Crippen molar-refractivity contribution in [1.82, 2.24) is 5.32 Å². The number of nitrogens with one attached hydrogen (secondary N) is 2. The van der Waals surface area contributed by atoms with E-state index in [0.29, 0.717) is 22.9 Å². The zero-order valence-electron chi connectivity index (χ0n) is 15.5. The number of aliphatic hydroxyl groups excluding tert-OH is 1. The number of para-hydroxylation sites is 2. The third-order valence-corrected chi connectivity index (χ3v) is 4.09. The molecule has 1 aliphatic rings. The lowest BCUT2D eigenvalue weighted by Crippen LogP contribution is -2.35. The molecule has 1 aliphatic heterocycles. The summed E-state index contributed by atoms with van der Waals surface area (Å²) in [5, 5.41) is 26.4.